The van der Waals surface area contributed by atoms with Crippen molar-refractivity contribution < 1.29 is 19.1 Å². The third-order valence-corrected chi connectivity index (χ3v) is 7.35. The number of piperidine rings is 1. The summed E-state index contributed by atoms with van der Waals surface area (Å²) >= 11 is 0. The molecule has 3 aliphatic heterocycles. The van der Waals surface area contributed by atoms with Crippen molar-refractivity contribution in [1.82, 2.24) is 15.1 Å². The van der Waals surface area contributed by atoms with Gasteiger partial charge in [0.15, 0.2) is 11.5 Å². The molecule has 1 atom stereocenters. The molecule has 7 nitrogen and oxygen atoms in total. The van der Waals surface area contributed by atoms with Crippen LogP contribution in [0, 0.1) is 12.8 Å². The number of hydrogen-bond acceptors (Lipinski definition) is 5. The van der Waals surface area contributed by atoms with E-state index in [1.807, 2.05) is 25.1 Å². The van der Waals surface area contributed by atoms with E-state index in [4.69, 9.17) is 9.47 Å². The van der Waals surface area contributed by atoms with Crippen molar-refractivity contribution in [3.63, 3.8) is 0 Å². The summed E-state index contributed by atoms with van der Waals surface area (Å²) in [5.41, 5.74) is 2.61. The molecule has 0 saturated carbocycles. The van der Waals surface area contributed by atoms with E-state index >= 15 is 0 Å². The lowest BCUT2D eigenvalue weighted by molar-refractivity contribution is -0.134. The Morgan fingerprint density at radius 3 is 2.39 bits per heavy atom. The number of ether oxygens (including phenoxy) is 2. The largest absolute Gasteiger partial charge is 0.454 e. The van der Waals surface area contributed by atoms with Crippen molar-refractivity contribution in [2.24, 2.45) is 5.92 Å². The Kier molecular flexibility index (Phi) is 5.74. The highest BCUT2D eigenvalue weighted by molar-refractivity contribution is 6.07. The maximum atomic E-state index is 13.6. The first-order chi connectivity index (χ1) is 16.0. The van der Waals surface area contributed by atoms with Gasteiger partial charge >= 0.3 is 6.03 Å². The molecule has 3 aliphatic rings. The summed E-state index contributed by atoms with van der Waals surface area (Å²) in [6.45, 7) is 7.29. The Morgan fingerprint density at radius 1 is 0.970 bits per heavy atom. The molecule has 0 unspecified atom stereocenters. The minimum Gasteiger partial charge on any atom is -0.454 e. The second kappa shape index (κ2) is 8.71. The van der Waals surface area contributed by atoms with Gasteiger partial charge in [0.2, 0.25) is 6.79 Å². The summed E-state index contributed by atoms with van der Waals surface area (Å²) < 4.78 is 10.8. The van der Waals surface area contributed by atoms with E-state index in [2.05, 4.69) is 41.4 Å². The molecule has 3 heterocycles. The maximum absolute atomic E-state index is 13.6. The lowest BCUT2D eigenvalue weighted by Crippen LogP contribution is -2.55. The summed E-state index contributed by atoms with van der Waals surface area (Å²) in [7, 11) is 0. The maximum Gasteiger partial charge on any atom is 0.325 e. The summed E-state index contributed by atoms with van der Waals surface area (Å²) in [4.78, 5) is 30.3. The average Bonchev–Trinajstić information content (AvgIpc) is 3.39. The Balaban J connectivity index is 1.25. The van der Waals surface area contributed by atoms with Gasteiger partial charge in [0.1, 0.15) is 5.54 Å². The van der Waals surface area contributed by atoms with Crippen LogP contribution in [0.1, 0.15) is 42.9 Å². The first-order valence-corrected chi connectivity index (χ1v) is 11.8. The molecule has 1 N–H and O–H groups in total. The summed E-state index contributed by atoms with van der Waals surface area (Å²) in [5.74, 6) is 1.37. The van der Waals surface area contributed by atoms with Crippen LogP contribution in [0.25, 0.3) is 0 Å². The monoisotopic (exact) mass is 449 g/mol. The highest BCUT2D eigenvalue weighted by atomic mass is 16.7. The van der Waals surface area contributed by atoms with Gasteiger partial charge in [-0.1, -0.05) is 42.8 Å². The van der Waals surface area contributed by atoms with Crippen LogP contribution in [0.2, 0.25) is 0 Å². The van der Waals surface area contributed by atoms with E-state index in [1.165, 1.54) is 16.0 Å². The van der Waals surface area contributed by atoms with Crippen LogP contribution in [-0.4, -0.2) is 47.2 Å². The van der Waals surface area contributed by atoms with Crippen molar-refractivity contribution in [3.8, 4) is 11.5 Å². The number of imide groups is 1. The van der Waals surface area contributed by atoms with Crippen LogP contribution < -0.4 is 14.8 Å². The molecule has 2 saturated heterocycles. The SMILES string of the molecule is CC[C@]1(C2CCN(Cc3ccc(C)cc3)CC2)NC(=O)N(Cc2ccc3c(c2)OCO3)C1=O. The number of carbonyl (C=O) groups excluding carboxylic acids is 2. The number of urea groups is 1. The Labute approximate surface area is 194 Å². The fraction of sp³-hybridized carbons (Fsp3) is 0.462. The number of benzene rings is 2. The quantitative estimate of drug-likeness (QED) is 0.679. The van der Waals surface area contributed by atoms with Gasteiger partial charge < -0.3 is 14.8 Å². The van der Waals surface area contributed by atoms with Gasteiger partial charge in [-0.05, 0) is 68.5 Å². The molecule has 0 spiro atoms. The van der Waals surface area contributed by atoms with Gasteiger partial charge in [-0.15, -0.1) is 0 Å². The summed E-state index contributed by atoms with van der Waals surface area (Å²) in [6.07, 6.45) is 2.38. The number of amides is 3. The fourth-order valence-corrected chi connectivity index (χ4v) is 5.35. The first kappa shape index (κ1) is 21.8. The number of aryl methyl sites for hydroxylation is 1. The molecule has 2 aromatic rings. The van der Waals surface area contributed by atoms with Crippen molar-refractivity contribution >= 4 is 11.9 Å². The van der Waals surface area contributed by atoms with Crippen molar-refractivity contribution in [3.05, 3.63) is 59.2 Å². The molecule has 0 aliphatic carbocycles. The fourth-order valence-electron chi connectivity index (χ4n) is 5.35. The van der Waals surface area contributed by atoms with E-state index < -0.39 is 5.54 Å². The number of nitrogens with zero attached hydrogens (tertiary/aromatic N) is 2. The average molecular weight is 450 g/mol. The lowest BCUT2D eigenvalue weighted by atomic mass is 9.75. The van der Waals surface area contributed by atoms with Gasteiger partial charge in [0.05, 0.1) is 6.54 Å². The Morgan fingerprint density at radius 2 is 1.67 bits per heavy atom. The van der Waals surface area contributed by atoms with Crippen LogP contribution in [-0.2, 0) is 17.9 Å². The highest BCUT2D eigenvalue weighted by Gasteiger charge is 2.54. The predicted octanol–water partition coefficient (Wildman–Crippen LogP) is 3.84. The molecule has 174 valence electrons. The smallest absolute Gasteiger partial charge is 0.325 e. The minimum atomic E-state index is -0.816. The second-order valence-electron chi connectivity index (χ2n) is 9.37. The zero-order chi connectivity index (χ0) is 23.0. The number of nitrogens with one attached hydrogen (secondary N) is 1. The number of carbonyl (C=O) groups is 2. The third kappa shape index (κ3) is 4.06. The number of fused-ring (bicyclic) bond motifs is 1. The Hall–Kier alpha value is -3.06. The summed E-state index contributed by atoms with van der Waals surface area (Å²) in [5, 5.41) is 3.09. The van der Waals surface area contributed by atoms with Crippen LogP contribution in [0.4, 0.5) is 4.79 Å². The second-order valence-corrected chi connectivity index (χ2v) is 9.37. The summed E-state index contributed by atoms with van der Waals surface area (Å²) in [6, 6.07) is 13.9. The number of rotatable bonds is 6. The van der Waals surface area contributed by atoms with Crippen LogP contribution >= 0.6 is 0 Å². The van der Waals surface area contributed by atoms with Gasteiger partial charge in [-0.25, -0.2) is 4.79 Å². The van der Waals surface area contributed by atoms with Crippen molar-refractivity contribution in [2.45, 2.75) is 51.7 Å². The van der Waals surface area contributed by atoms with E-state index in [9.17, 15) is 9.59 Å². The van der Waals surface area contributed by atoms with Crippen LogP contribution in [0.3, 0.4) is 0 Å². The van der Waals surface area contributed by atoms with E-state index in [0.29, 0.717) is 17.9 Å². The predicted molar refractivity (Wildman–Crippen MR) is 124 cm³/mol. The topological polar surface area (TPSA) is 71.1 Å². The number of likely N-dealkylation sites (tertiary alicyclic amines) is 1. The van der Waals surface area contributed by atoms with Gasteiger partial charge in [-0.3, -0.25) is 14.6 Å². The molecule has 2 fully saturated rings. The minimum absolute atomic E-state index is 0.107. The number of hydrogen-bond donors (Lipinski definition) is 1. The molecule has 0 aromatic heterocycles. The van der Waals surface area contributed by atoms with Gasteiger partial charge in [0.25, 0.3) is 5.91 Å². The molecule has 0 bridgehead atoms. The standard InChI is InChI=1S/C26H31N3O4/c1-3-26(21-10-12-28(13-11-21)15-19-6-4-18(2)5-7-19)24(30)29(25(31)27-26)16-20-8-9-22-23(14-20)33-17-32-22/h4-9,14,21H,3,10-13,15-17H2,1-2H3,(H,27,31)/t26-/m1/s1. The van der Waals surface area contributed by atoms with Gasteiger partial charge in [0, 0.05) is 6.54 Å². The van der Waals surface area contributed by atoms with E-state index in [1.54, 1.807) is 0 Å². The van der Waals surface area contributed by atoms with Crippen molar-refractivity contribution in [2.75, 3.05) is 19.9 Å². The normalized spacial score (nSPS) is 23.3. The van der Waals surface area contributed by atoms with Crippen LogP contribution in [0.5, 0.6) is 11.5 Å². The van der Waals surface area contributed by atoms with Gasteiger partial charge in [-0.2, -0.15) is 0 Å². The van der Waals surface area contributed by atoms with E-state index in [-0.39, 0.29) is 31.2 Å². The Bertz CT molecular complexity index is 1050. The highest BCUT2D eigenvalue weighted by Crippen LogP contribution is 2.38. The third-order valence-electron chi connectivity index (χ3n) is 7.35. The molecule has 0 radical (unpaired) electrons. The molecular formula is C26H31N3O4. The van der Waals surface area contributed by atoms with E-state index in [0.717, 1.165) is 38.0 Å². The van der Waals surface area contributed by atoms with Crippen molar-refractivity contribution in [1.29, 1.82) is 0 Å². The van der Waals surface area contributed by atoms with Crippen LogP contribution in [0.15, 0.2) is 42.5 Å². The molecule has 33 heavy (non-hydrogen) atoms. The molecular weight excluding hydrogens is 418 g/mol. The zero-order valence-electron chi connectivity index (χ0n) is 19.3. The lowest BCUT2D eigenvalue weighted by Gasteiger charge is -2.40. The molecule has 7 heteroatoms. The zero-order valence-corrected chi connectivity index (χ0v) is 19.3. The molecule has 2 aromatic carbocycles. The molecule has 3 amide bonds. The first-order valence-electron chi connectivity index (χ1n) is 11.8. The molecule has 5 rings (SSSR count).